The summed E-state index contributed by atoms with van der Waals surface area (Å²) in [5.41, 5.74) is 2.36. The fourth-order valence-corrected chi connectivity index (χ4v) is 2.45. The summed E-state index contributed by atoms with van der Waals surface area (Å²) in [5.74, 6) is 0. The van der Waals surface area contributed by atoms with Gasteiger partial charge in [0.1, 0.15) is 11.1 Å². The van der Waals surface area contributed by atoms with E-state index >= 15 is 0 Å². The topological polar surface area (TPSA) is 47.9 Å². The molecule has 2 unspecified atom stereocenters. The first-order valence-corrected chi connectivity index (χ1v) is 6.29. The van der Waals surface area contributed by atoms with Gasteiger partial charge in [-0.3, -0.25) is 5.01 Å². The van der Waals surface area contributed by atoms with Crippen LogP contribution in [0.4, 0.5) is 0 Å². The minimum atomic E-state index is -0.0125. The summed E-state index contributed by atoms with van der Waals surface area (Å²) >= 11 is 1.60. The van der Waals surface area contributed by atoms with Gasteiger partial charge in [0.2, 0.25) is 0 Å². The third kappa shape index (κ3) is 2.21. The fourth-order valence-electron chi connectivity index (χ4n) is 1.80. The number of rotatable bonds is 4. The highest BCUT2D eigenvalue weighted by Gasteiger charge is 2.34. The van der Waals surface area contributed by atoms with Crippen molar-refractivity contribution in [2.75, 3.05) is 12.8 Å². The van der Waals surface area contributed by atoms with Gasteiger partial charge in [0.05, 0.1) is 6.04 Å². The second-order valence-corrected chi connectivity index (χ2v) is 4.21. The summed E-state index contributed by atoms with van der Waals surface area (Å²) in [5, 5.41) is 16.6. The molecule has 0 radical (unpaired) electrons. The Balaban J connectivity index is 2.72. The van der Waals surface area contributed by atoms with Crippen LogP contribution in [0, 0.1) is 0 Å². The van der Waals surface area contributed by atoms with Gasteiger partial charge in [0.15, 0.2) is 0 Å². The number of hydrogen-bond donors (Lipinski definition) is 2. The molecule has 0 aromatic carbocycles. The zero-order valence-electron chi connectivity index (χ0n) is 9.03. The molecule has 1 rings (SSSR count). The molecular formula is C9H19N3OS. The lowest BCUT2D eigenvalue weighted by molar-refractivity contribution is 0.104. The molecule has 5 heteroatoms. The number of nitrogens with zero attached hydrogens (tertiary/aromatic N) is 2. The zero-order valence-corrected chi connectivity index (χ0v) is 9.84. The van der Waals surface area contributed by atoms with Gasteiger partial charge in [-0.15, -0.1) is 11.8 Å². The summed E-state index contributed by atoms with van der Waals surface area (Å²) in [4.78, 5) is 0. The van der Waals surface area contributed by atoms with Crippen LogP contribution >= 0.6 is 11.8 Å². The maximum atomic E-state index is 9.08. The van der Waals surface area contributed by atoms with E-state index in [0.717, 1.165) is 24.4 Å². The lowest BCUT2D eigenvalue weighted by Crippen LogP contribution is -2.44. The highest BCUT2D eigenvalue weighted by atomic mass is 32.2. The van der Waals surface area contributed by atoms with Gasteiger partial charge in [-0.25, -0.2) is 0 Å². The van der Waals surface area contributed by atoms with Crippen LogP contribution in [0.15, 0.2) is 5.10 Å². The van der Waals surface area contributed by atoms with Gasteiger partial charge in [-0.1, -0.05) is 13.8 Å². The highest BCUT2D eigenvalue weighted by Crippen LogP contribution is 2.23. The molecule has 1 aliphatic heterocycles. The van der Waals surface area contributed by atoms with Gasteiger partial charge in [-0.2, -0.15) is 10.6 Å². The Morgan fingerprint density at radius 2 is 2.29 bits per heavy atom. The predicted octanol–water partition coefficient (Wildman–Crippen LogP) is 1.51. The van der Waals surface area contributed by atoms with Crippen molar-refractivity contribution in [2.45, 2.75) is 38.8 Å². The van der Waals surface area contributed by atoms with E-state index in [4.69, 9.17) is 5.21 Å². The van der Waals surface area contributed by atoms with E-state index in [1.54, 1.807) is 11.8 Å². The van der Waals surface area contributed by atoms with E-state index in [0.29, 0.717) is 6.04 Å². The molecule has 1 heterocycles. The van der Waals surface area contributed by atoms with Crippen LogP contribution in [0.3, 0.4) is 0 Å². The van der Waals surface area contributed by atoms with Gasteiger partial charge in [0, 0.05) is 6.54 Å². The average molecular weight is 217 g/mol. The SMILES string of the molecule is CCCN1N=C(SC)C(NO)C1CC. The van der Waals surface area contributed by atoms with Gasteiger partial charge >= 0.3 is 0 Å². The molecular weight excluding hydrogens is 198 g/mol. The Kier molecular flexibility index (Phi) is 4.71. The van der Waals surface area contributed by atoms with Crippen molar-refractivity contribution in [3.05, 3.63) is 0 Å². The Morgan fingerprint density at radius 3 is 2.71 bits per heavy atom. The van der Waals surface area contributed by atoms with Gasteiger partial charge in [-0.05, 0) is 19.1 Å². The third-order valence-corrected chi connectivity index (χ3v) is 3.23. The van der Waals surface area contributed by atoms with Crippen LogP contribution in [-0.2, 0) is 0 Å². The van der Waals surface area contributed by atoms with Crippen molar-refractivity contribution in [3.63, 3.8) is 0 Å². The maximum absolute atomic E-state index is 9.08. The normalized spacial score (nSPS) is 26.9. The molecule has 0 fully saturated rings. The van der Waals surface area contributed by atoms with E-state index in [1.807, 2.05) is 6.26 Å². The molecule has 14 heavy (non-hydrogen) atoms. The molecule has 0 saturated heterocycles. The zero-order chi connectivity index (χ0) is 10.6. The van der Waals surface area contributed by atoms with Crippen molar-refractivity contribution >= 4 is 16.8 Å². The number of thioether (sulfide) groups is 1. The summed E-state index contributed by atoms with van der Waals surface area (Å²) < 4.78 is 0. The van der Waals surface area contributed by atoms with E-state index in [1.165, 1.54) is 0 Å². The lowest BCUT2D eigenvalue weighted by Gasteiger charge is -2.25. The standard InChI is InChI=1S/C9H19N3OS/c1-4-6-12-7(5-2)8(11-13)9(10-12)14-3/h7-8,11,13H,4-6H2,1-3H3. The molecule has 82 valence electrons. The summed E-state index contributed by atoms with van der Waals surface area (Å²) in [6, 6.07) is 0.281. The van der Waals surface area contributed by atoms with Crippen molar-refractivity contribution in [1.29, 1.82) is 0 Å². The largest absolute Gasteiger partial charge is 0.316 e. The molecule has 2 N–H and O–H groups in total. The van der Waals surface area contributed by atoms with Crippen molar-refractivity contribution in [3.8, 4) is 0 Å². The van der Waals surface area contributed by atoms with Crippen LogP contribution in [0.25, 0.3) is 0 Å². The molecule has 0 amide bonds. The molecule has 4 nitrogen and oxygen atoms in total. The Hall–Kier alpha value is -0.260. The van der Waals surface area contributed by atoms with Crippen molar-refractivity contribution in [1.82, 2.24) is 10.5 Å². The Labute approximate surface area is 89.7 Å². The second kappa shape index (κ2) is 5.58. The molecule has 1 aliphatic rings. The fraction of sp³-hybridized carbons (Fsp3) is 0.889. The van der Waals surface area contributed by atoms with Crippen LogP contribution in [-0.4, -0.2) is 40.1 Å². The number of hydrogen-bond acceptors (Lipinski definition) is 5. The van der Waals surface area contributed by atoms with E-state index in [-0.39, 0.29) is 6.04 Å². The maximum Gasteiger partial charge on any atom is 0.115 e. The Bertz CT molecular complexity index is 210. The van der Waals surface area contributed by atoms with Crippen LogP contribution < -0.4 is 5.48 Å². The highest BCUT2D eigenvalue weighted by molar-refractivity contribution is 8.13. The number of nitrogens with one attached hydrogen (secondary N) is 1. The summed E-state index contributed by atoms with van der Waals surface area (Å²) in [6.45, 7) is 5.22. The van der Waals surface area contributed by atoms with Gasteiger partial charge < -0.3 is 5.21 Å². The van der Waals surface area contributed by atoms with Crippen molar-refractivity contribution < 1.29 is 5.21 Å². The first kappa shape index (κ1) is 11.8. The molecule has 2 atom stereocenters. The molecule has 0 aromatic heterocycles. The lowest BCUT2D eigenvalue weighted by atomic mass is 10.1. The molecule has 0 aromatic rings. The van der Waals surface area contributed by atoms with Crippen LogP contribution in [0.1, 0.15) is 26.7 Å². The third-order valence-electron chi connectivity index (χ3n) is 2.48. The average Bonchev–Trinajstić information content (AvgIpc) is 2.55. The quantitative estimate of drug-likeness (QED) is 0.701. The monoisotopic (exact) mass is 217 g/mol. The van der Waals surface area contributed by atoms with E-state index in [9.17, 15) is 0 Å². The first-order valence-electron chi connectivity index (χ1n) is 5.07. The smallest absolute Gasteiger partial charge is 0.115 e. The minimum Gasteiger partial charge on any atom is -0.316 e. The number of hydroxylamine groups is 1. The van der Waals surface area contributed by atoms with E-state index in [2.05, 4.69) is 29.4 Å². The summed E-state index contributed by atoms with van der Waals surface area (Å²) in [7, 11) is 0. The summed E-state index contributed by atoms with van der Waals surface area (Å²) in [6.07, 6.45) is 4.07. The van der Waals surface area contributed by atoms with Gasteiger partial charge in [0.25, 0.3) is 0 Å². The number of hydrazone groups is 1. The van der Waals surface area contributed by atoms with Crippen molar-refractivity contribution in [2.24, 2.45) is 5.10 Å². The van der Waals surface area contributed by atoms with Crippen LogP contribution in [0.2, 0.25) is 0 Å². The van der Waals surface area contributed by atoms with E-state index < -0.39 is 0 Å². The molecule has 0 spiro atoms. The first-order chi connectivity index (χ1) is 6.78. The molecule has 0 saturated carbocycles. The Morgan fingerprint density at radius 1 is 1.57 bits per heavy atom. The predicted molar refractivity (Wildman–Crippen MR) is 60.7 cm³/mol. The molecule has 0 aliphatic carbocycles. The minimum absolute atomic E-state index is 0.0125. The second-order valence-electron chi connectivity index (χ2n) is 3.39. The molecule has 0 bridgehead atoms. The van der Waals surface area contributed by atoms with Crippen LogP contribution in [0.5, 0.6) is 0 Å².